The Bertz CT molecular complexity index is 160. The molecular weight excluding hydrogens is 132 g/mol. The molecule has 0 bridgehead atoms. The molecule has 0 saturated heterocycles. The fourth-order valence-corrected chi connectivity index (χ4v) is 0.471. The highest BCUT2D eigenvalue weighted by Gasteiger charge is 1.82. The molecule has 1 rings (SSSR count). The largest absolute Gasteiger partial charge is 0.483 e. The van der Waals surface area contributed by atoms with Crippen LogP contribution in [0.15, 0.2) is 12.4 Å². The monoisotopic (exact) mass is 142 g/mol. The number of carbonyl (C=O) groups is 1. The number of rotatable bonds is 1. The van der Waals surface area contributed by atoms with Crippen LogP contribution in [0.25, 0.3) is 0 Å². The Morgan fingerprint density at radius 2 is 2.50 bits per heavy atom. The van der Waals surface area contributed by atoms with E-state index in [0.29, 0.717) is 0 Å². The Labute approximate surface area is 58.9 Å². The lowest BCUT2D eigenvalue weighted by Crippen LogP contribution is -1.67. The van der Waals surface area contributed by atoms with Crippen LogP contribution in [0.2, 0.25) is 0 Å². The topological polar surface area (TPSA) is 66.0 Å². The lowest BCUT2D eigenvalue weighted by molar-refractivity contribution is -0.122. The number of aromatic nitrogens is 2. The first-order valence-corrected chi connectivity index (χ1v) is 2.90. The highest BCUT2D eigenvalue weighted by atomic mass is 16.3. The van der Waals surface area contributed by atoms with Crippen LogP contribution in [-0.2, 0) is 11.2 Å². The van der Waals surface area contributed by atoms with Crippen molar-refractivity contribution < 1.29 is 9.90 Å². The molecule has 4 heteroatoms. The van der Waals surface area contributed by atoms with Gasteiger partial charge in [0.1, 0.15) is 0 Å². The van der Waals surface area contributed by atoms with Crippen molar-refractivity contribution >= 4 is 6.47 Å². The van der Waals surface area contributed by atoms with Crippen LogP contribution in [0.5, 0.6) is 0 Å². The Balaban J connectivity index is 0.000000236. The number of aromatic amines is 1. The minimum Gasteiger partial charge on any atom is -0.483 e. The summed E-state index contributed by atoms with van der Waals surface area (Å²) in [6.45, 7) is 1.85. The summed E-state index contributed by atoms with van der Waals surface area (Å²) in [5, 5.41) is 13.4. The van der Waals surface area contributed by atoms with E-state index in [4.69, 9.17) is 9.90 Å². The lowest BCUT2D eigenvalue weighted by Gasteiger charge is -1.76. The number of hydrogen-bond acceptors (Lipinski definition) is 2. The van der Waals surface area contributed by atoms with Crippen LogP contribution in [0.3, 0.4) is 0 Å². The number of nitrogens with zero attached hydrogens (tertiary/aromatic N) is 1. The summed E-state index contributed by atoms with van der Waals surface area (Å²) in [7, 11) is 0. The summed E-state index contributed by atoms with van der Waals surface area (Å²) in [5.41, 5.74) is 1.26. The fraction of sp³-hybridized carbons (Fsp3) is 0.333. The van der Waals surface area contributed by atoms with Gasteiger partial charge in [0.05, 0.1) is 6.20 Å². The summed E-state index contributed by atoms with van der Waals surface area (Å²) in [6.07, 6.45) is 4.80. The second-order valence-corrected chi connectivity index (χ2v) is 1.57. The summed E-state index contributed by atoms with van der Waals surface area (Å²) >= 11 is 0. The molecule has 0 spiro atoms. The molecule has 56 valence electrons. The van der Waals surface area contributed by atoms with Gasteiger partial charge < -0.3 is 5.11 Å². The molecule has 0 unspecified atom stereocenters. The number of nitrogens with one attached hydrogen (secondary N) is 1. The van der Waals surface area contributed by atoms with Gasteiger partial charge in [-0.3, -0.25) is 9.89 Å². The zero-order valence-electron chi connectivity index (χ0n) is 5.74. The first-order chi connectivity index (χ1) is 4.85. The Hall–Kier alpha value is -1.32. The van der Waals surface area contributed by atoms with Crippen molar-refractivity contribution in [3.63, 3.8) is 0 Å². The molecule has 0 saturated carbocycles. The predicted molar refractivity (Wildman–Crippen MR) is 36.7 cm³/mol. The van der Waals surface area contributed by atoms with Gasteiger partial charge in [-0.15, -0.1) is 0 Å². The van der Waals surface area contributed by atoms with Gasteiger partial charge in [0, 0.05) is 6.20 Å². The zero-order valence-corrected chi connectivity index (χ0v) is 5.74. The SMILES string of the molecule is CCc1cn[nH]c1.O=CO. The van der Waals surface area contributed by atoms with Crippen molar-refractivity contribution in [3.05, 3.63) is 18.0 Å². The second kappa shape index (κ2) is 5.81. The van der Waals surface area contributed by atoms with Gasteiger partial charge in [-0.05, 0) is 12.0 Å². The highest BCUT2D eigenvalue weighted by molar-refractivity contribution is 5.32. The van der Waals surface area contributed by atoms with E-state index in [1.165, 1.54) is 5.56 Å². The Morgan fingerprint density at radius 1 is 1.90 bits per heavy atom. The van der Waals surface area contributed by atoms with Crippen LogP contribution in [-0.4, -0.2) is 21.8 Å². The number of aryl methyl sites for hydroxylation is 1. The van der Waals surface area contributed by atoms with Gasteiger partial charge >= 0.3 is 0 Å². The summed E-state index contributed by atoms with van der Waals surface area (Å²) < 4.78 is 0. The number of carboxylic acid groups (broad SMARTS) is 1. The maximum absolute atomic E-state index is 8.36. The molecule has 2 N–H and O–H groups in total. The lowest BCUT2D eigenvalue weighted by atomic mass is 10.3. The van der Waals surface area contributed by atoms with Gasteiger partial charge in [-0.1, -0.05) is 6.92 Å². The van der Waals surface area contributed by atoms with E-state index in [1.54, 1.807) is 0 Å². The molecule has 0 aliphatic carbocycles. The first kappa shape index (κ1) is 8.68. The van der Waals surface area contributed by atoms with Crippen LogP contribution in [0.4, 0.5) is 0 Å². The van der Waals surface area contributed by atoms with Crippen molar-refractivity contribution in [3.8, 4) is 0 Å². The summed E-state index contributed by atoms with van der Waals surface area (Å²) in [4.78, 5) is 8.36. The molecule has 0 radical (unpaired) electrons. The highest BCUT2D eigenvalue weighted by Crippen LogP contribution is 1.91. The molecule has 0 atom stereocenters. The molecule has 1 aromatic rings. The fourth-order valence-electron chi connectivity index (χ4n) is 0.471. The van der Waals surface area contributed by atoms with E-state index in [-0.39, 0.29) is 6.47 Å². The minimum absolute atomic E-state index is 0.250. The molecule has 0 aromatic carbocycles. The average Bonchev–Trinajstić information content (AvgIpc) is 2.39. The van der Waals surface area contributed by atoms with E-state index in [0.717, 1.165) is 6.42 Å². The van der Waals surface area contributed by atoms with Gasteiger partial charge in [-0.2, -0.15) is 5.10 Å². The summed E-state index contributed by atoms with van der Waals surface area (Å²) in [6, 6.07) is 0. The van der Waals surface area contributed by atoms with E-state index in [2.05, 4.69) is 17.1 Å². The zero-order chi connectivity index (χ0) is 7.82. The second-order valence-electron chi connectivity index (χ2n) is 1.57. The molecular formula is C6H10N2O2. The molecule has 1 heterocycles. The minimum atomic E-state index is -0.250. The van der Waals surface area contributed by atoms with Crippen molar-refractivity contribution in [2.75, 3.05) is 0 Å². The quantitative estimate of drug-likeness (QED) is 0.566. The standard InChI is InChI=1S/C5H8N2.CH2O2/c1-2-5-3-6-7-4-5;2-1-3/h3-4H,2H2,1H3,(H,6,7);1H,(H,2,3). The van der Waals surface area contributed by atoms with E-state index >= 15 is 0 Å². The first-order valence-electron chi connectivity index (χ1n) is 2.90. The maximum Gasteiger partial charge on any atom is 0.290 e. The molecule has 0 aliphatic rings. The third kappa shape index (κ3) is 3.65. The van der Waals surface area contributed by atoms with Crippen LogP contribution >= 0.6 is 0 Å². The third-order valence-electron chi connectivity index (χ3n) is 0.963. The van der Waals surface area contributed by atoms with Gasteiger partial charge in [0.25, 0.3) is 6.47 Å². The van der Waals surface area contributed by atoms with Crippen LogP contribution < -0.4 is 0 Å². The van der Waals surface area contributed by atoms with Gasteiger partial charge in [0.15, 0.2) is 0 Å². The smallest absolute Gasteiger partial charge is 0.290 e. The Kier molecular flexibility index (Phi) is 5.04. The normalized spacial score (nSPS) is 7.70. The molecule has 1 aromatic heterocycles. The van der Waals surface area contributed by atoms with Crippen molar-refractivity contribution in [2.45, 2.75) is 13.3 Å². The van der Waals surface area contributed by atoms with Crippen LogP contribution in [0, 0.1) is 0 Å². The Morgan fingerprint density at radius 3 is 2.70 bits per heavy atom. The molecule has 0 aliphatic heterocycles. The van der Waals surface area contributed by atoms with Gasteiger partial charge in [0.2, 0.25) is 0 Å². The van der Waals surface area contributed by atoms with E-state index < -0.39 is 0 Å². The molecule has 0 fully saturated rings. The van der Waals surface area contributed by atoms with E-state index in [9.17, 15) is 0 Å². The van der Waals surface area contributed by atoms with Crippen LogP contribution in [0.1, 0.15) is 12.5 Å². The van der Waals surface area contributed by atoms with E-state index in [1.807, 2.05) is 12.4 Å². The number of H-pyrrole nitrogens is 1. The van der Waals surface area contributed by atoms with Crippen molar-refractivity contribution in [1.29, 1.82) is 0 Å². The summed E-state index contributed by atoms with van der Waals surface area (Å²) in [5.74, 6) is 0. The predicted octanol–water partition coefficient (Wildman–Crippen LogP) is 0.673. The number of hydrogen-bond donors (Lipinski definition) is 2. The molecule has 10 heavy (non-hydrogen) atoms. The third-order valence-corrected chi connectivity index (χ3v) is 0.963. The molecule has 4 nitrogen and oxygen atoms in total. The average molecular weight is 142 g/mol. The van der Waals surface area contributed by atoms with Crippen molar-refractivity contribution in [2.24, 2.45) is 0 Å². The maximum atomic E-state index is 8.36. The van der Waals surface area contributed by atoms with Gasteiger partial charge in [-0.25, -0.2) is 0 Å². The molecule has 0 amide bonds. The van der Waals surface area contributed by atoms with Crippen molar-refractivity contribution in [1.82, 2.24) is 10.2 Å².